The van der Waals surface area contributed by atoms with Gasteiger partial charge in [0, 0.05) is 24.0 Å². The molecular formula is C21H20N6O2. The largest absolute Gasteiger partial charge is 0.334 e. The number of hydrogen-bond donors (Lipinski definition) is 1. The number of nitrogens with one attached hydrogen (secondary N) is 1. The molecule has 8 nitrogen and oxygen atoms in total. The number of hydrogen-bond acceptors (Lipinski definition) is 6. The second-order valence-electron chi connectivity index (χ2n) is 6.92. The van der Waals surface area contributed by atoms with Gasteiger partial charge < -0.3 is 9.84 Å². The fourth-order valence-electron chi connectivity index (χ4n) is 2.80. The summed E-state index contributed by atoms with van der Waals surface area (Å²) in [5, 5.41) is 6.89. The quantitative estimate of drug-likeness (QED) is 0.555. The van der Waals surface area contributed by atoms with Crippen LogP contribution in [0, 0.1) is 6.92 Å². The SMILES string of the molecule is Cc1ccccc1NC(=O)c1cn(-c2ncccc2-c2nc(C(C)C)no2)cn1. The molecule has 0 saturated carbocycles. The zero-order valence-corrected chi connectivity index (χ0v) is 16.3. The molecule has 29 heavy (non-hydrogen) atoms. The molecule has 0 saturated heterocycles. The smallest absolute Gasteiger partial charge is 0.275 e. The number of carbonyl (C=O) groups is 1. The molecule has 146 valence electrons. The van der Waals surface area contributed by atoms with Crippen LogP contribution in [0.3, 0.4) is 0 Å². The molecule has 0 aliphatic carbocycles. The number of amides is 1. The molecule has 0 atom stereocenters. The molecule has 3 heterocycles. The van der Waals surface area contributed by atoms with E-state index in [1.807, 2.05) is 51.1 Å². The van der Waals surface area contributed by atoms with E-state index in [0.717, 1.165) is 11.3 Å². The molecule has 3 aromatic heterocycles. The van der Waals surface area contributed by atoms with Gasteiger partial charge in [-0.05, 0) is 30.7 Å². The van der Waals surface area contributed by atoms with Gasteiger partial charge in [0.2, 0.25) is 0 Å². The van der Waals surface area contributed by atoms with E-state index in [2.05, 4.69) is 25.4 Å². The average molecular weight is 388 g/mol. The Bertz CT molecular complexity index is 1160. The number of anilines is 1. The van der Waals surface area contributed by atoms with Crippen molar-refractivity contribution in [3.63, 3.8) is 0 Å². The van der Waals surface area contributed by atoms with Gasteiger partial charge in [-0.15, -0.1) is 0 Å². The van der Waals surface area contributed by atoms with Gasteiger partial charge in [-0.1, -0.05) is 37.2 Å². The lowest BCUT2D eigenvalue weighted by atomic mass is 10.2. The second-order valence-corrected chi connectivity index (χ2v) is 6.92. The van der Waals surface area contributed by atoms with Crippen molar-refractivity contribution >= 4 is 11.6 Å². The number of aromatic nitrogens is 5. The van der Waals surface area contributed by atoms with Crippen LogP contribution in [-0.2, 0) is 0 Å². The molecule has 0 aliphatic heterocycles. The first-order valence-electron chi connectivity index (χ1n) is 9.23. The van der Waals surface area contributed by atoms with Gasteiger partial charge in [0.25, 0.3) is 11.8 Å². The Kier molecular flexibility index (Phi) is 4.90. The Hall–Kier alpha value is -3.81. The first kappa shape index (κ1) is 18.5. The van der Waals surface area contributed by atoms with E-state index >= 15 is 0 Å². The molecule has 0 aliphatic rings. The highest BCUT2D eigenvalue weighted by Crippen LogP contribution is 2.25. The molecule has 4 rings (SSSR count). The van der Waals surface area contributed by atoms with Crippen molar-refractivity contribution in [1.29, 1.82) is 0 Å². The first-order valence-corrected chi connectivity index (χ1v) is 9.23. The Morgan fingerprint density at radius 1 is 1.14 bits per heavy atom. The summed E-state index contributed by atoms with van der Waals surface area (Å²) in [5.74, 6) is 1.40. The number of aryl methyl sites for hydroxylation is 1. The minimum Gasteiger partial charge on any atom is -0.334 e. The van der Waals surface area contributed by atoms with Crippen molar-refractivity contribution in [3.05, 3.63) is 72.2 Å². The number of rotatable bonds is 5. The normalized spacial score (nSPS) is 11.0. The minimum absolute atomic E-state index is 0.151. The van der Waals surface area contributed by atoms with E-state index in [1.54, 1.807) is 29.4 Å². The predicted octanol–water partition coefficient (Wildman–Crippen LogP) is 4.00. The van der Waals surface area contributed by atoms with Crippen LogP contribution in [0.5, 0.6) is 0 Å². The van der Waals surface area contributed by atoms with Crippen molar-refractivity contribution in [2.45, 2.75) is 26.7 Å². The van der Waals surface area contributed by atoms with Crippen LogP contribution in [0.25, 0.3) is 17.3 Å². The van der Waals surface area contributed by atoms with E-state index < -0.39 is 0 Å². The highest BCUT2D eigenvalue weighted by atomic mass is 16.5. The summed E-state index contributed by atoms with van der Waals surface area (Å²) in [6, 6.07) is 11.2. The van der Waals surface area contributed by atoms with Gasteiger partial charge in [0.1, 0.15) is 12.0 Å². The molecule has 1 aromatic carbocycles. The Morgan fingerprint density at radius 2 is 1.97 bits per heavy atom. The van der Waals surface area contributed by atoms with Crippen molar-refractivity contribution in [1.82, 2.24) is 24.7 Å². The van der Waals surface area contributed by atoms with Crippen LogP contribution < -0.4 is 5.32 Å². The van der Waals surface area contributed by atoms with Crippen LogP contribution in [0.1, 0.15) is 41.6 Å². The maximum absolute atomic E-state index is 12.6. The molecule has 0 fully saturated rings. The molecule has 0 bridgehead atoms. The maximum atomic E-state index is 12.6. The molecule has 1 amide bonds. The van der Waals surface area contributed by atoms with E-state index in [-0.39, 0.29) is 17.5 Å². The third-order valence-electron chi connectivity index (χ3n) is 4.43. The summed E-state index contributed by atoms with van der Waals surface area (Å²) >= 11 is 0. The van der Waals surface area contributed by atoms with Crippen LogP contribution in [0.15, 0.2) is 59.6 Å². The Balaban J connectivity index is 1.63. The van der Waals surface area contributed by atoms with Crippen molar-refractivity contribution in [2.24, 2.45) is 0 Å². The van der Waals surface area contributed by atoms with Crippen molar-refractivity contribution < 1.29 is 9.32 Å². The van der Waals surface area contributed by atoms with Gasteiger partial charge in [-0.3, -0.25) is 9.36 Å². The zero-order chi connectivity index (χ0) is 20.4. The van der Waals surface area contributed by atoms with Crippen LogP contribution >= 0.6 is 0 Å². The van der Waals surface area contributed by atoms with E-state index in [4.69, 9.17) is 4.52 Å². The number of benzene rings is 1. The third-order valence-corrected chi connectivity index (χ3v) is 4.43. The summed E-state index contributed by atoms with van der Waals surface area (Å²) in [6.45, 7) is 5.92. The third kappa shape index (κ3) is 3.77. The first-order chi connectivity index (χ1) is 14.0. The van der Waals surface area contributed by atoms with Crippen molar-refractivity contribution in [2.75, 3.05) is 5.32 Å². The van der Waals surface area contributed by atoms with E-state index in [1.165, 1.54) is 0 Å². The second kappa shape index (κ2) is 7.67. The molecule has 0 radical (unpaired) electrons. The van der Waals surface area contributed by atoms with Crippen LogP contribution in [-0.4, -0.2) is 30.6 Å². The average Bonchev–Trinajstić information content (AvgIpc) is 3.40. The lowest BCUT2D eigenvalue weighted by molar-refractivity contribution is 0.102. The maximum Gasteiger partial charge on any atom is 0.275 e. The minimum atomic E-state index is -0.296. The molecular weight excluding hydrogens is 368 g/mol. The summed E-state index contributed by atoms with van der Waals surface area (Å²) in [7, 11) is 0. The Morgan fingerprint density at radius 3 is 2.72 bits per heavy atom. The topological polar surface area (TPSA) is 98.7 Å². The molecule has 8 heteroatoms. The fourth-order valence-corrected chi connectivity index (χ4v) is 2.80. The monoisotopic (exact) mass is 388 g/mol. The summed E-state index contributed by atoms with van der Waals surface area (Å²) in [5.41, 5.74) is 2.66. The Labute approximate surface area is 167 Å². The van der Waals surface area contributed by atoms with Gasteiger partial charge in [-0.2, -0.15) is 4.98 Å². The van der Waals surface area contributed by atoms with Gasteiger partial charge in [0.15, 0.2) is 11.6 Å². The molecule has 0 unspecified atom stereocenters. The number of para-hydroxylation sites is 1. The zero-order valence-electron chi connectivity index (χ0n) is 16.3. The standard InChI is InChI=1S/C21H20N6O2/c1-13(2)18-25-21(29-26-18)15-8-6-10-22-19(15)27-11-17(23-12-27)20(28)24-16-9-5-4-7-14(16)3/h4-13H,1-3H3,(H,24,28). The van der Waals surface area contributed by atoms with Gasteiger partial charge in [-0.25, -0.2) is 9.97 Å². The van der Waals surface area contributed by atoms with Gasteiger partial charge >= 0.3 is 0 Å². The fraction of sp³-hybridized carbons (Fsp3) is 0.190. The highest BCUT2D eigenvalue weighted by Gasteiger charge is 2.18. The van der Waals surface area contributed by atoms with Gasteiger partial charge in [0.05, 0.1) is 5.56 Å². The number of imidazole rings is 1. The highest BCUT2D eigenvalue weighted by molar-refractivity contribution is 6.03. The summed E-state index contributed by atoms with van der Waals surface area (Å²) < 4.78 is 7.07. The summed E-state index contributed by atoms with van der Waals surface area (Å²) in [4.78, 5) is 25.7. The van der Waals surface area contributed by atoms with E-state index in [0.29, 0.717) is 23.1 Å². The van der Waals surface area contributed by atoms with Crippen LogP contribution in [0.4, 0.5) is 5.69 Å². The molecule has 0 spiro atoms. The predicted molar refractivity (Wildman–Crippen MR) is 108 cm³/mol. The number of carbonyl (C=O) groups excluding carboxylic acids is 1. The summed E-state index contributed by atoms with van der Waals surface area (Å²) in [6.07, 6.45) is 4.82. The lowest BCUT2D eigenvalue weighted by Crippen LogP contribution is -2.13. The number of nitrogens with zero attached hydrogens (tertiary/aromatic N) is 5. The molecule has 4 aromatic rings. The number of pyridine rings is 1. The van der Waals surface area contributed by atoms with E-state index in [9.17, 15) is 4.79 Å². The van der Waals surface area contributed by atoms with Crippen molar-refractivity contribution in [3.8, 4) is 17.3 Å². The van der Waals surface area contributed by atoms with Crippen LogP contribution in [0.2, 0.25) is 0 Å². The molecule has 1 N–H and O–H groups in total. The lowest BCUT2D eigenvalue weighted by Gasteiger charge is -2.06.